The van der Waals surface area contributed by atoms with E-state index < -0.39 is 0 Å². The van der Waals surface area contributed by atoms with Crippen LogP contribution in [0.1, 0.15) is 22.4 Å². The zero-order chi connectivity index (χ0) is 22.7. The summed E-state index contributed by atoms with van der Waals surface area (Å²) in [7, 11) is 0. The number of aryl methyl sites for hydroxylation is 1. The fraction of sp³-hybridized carbons (Fsp3) is 0.435. The van der Waals surface area contributed by atoms with Crippen molar-refractivity contribution in [1.82, 2.24) is 9.88 Å². The van der Waals surface area contributed by atoms with Gasteiger partial charge in [0, 0.05) is 38.5 Å². The van der Waals surface area contributed by atoms with Gasteiger partial charge >= 0.3 is 0 Å². The van der Waals surface area contributed by atoms with Crippen LogP contribution in [0.3, 0.4) is 0 Å². The lowest BCUT2D eigenvalue weighted by Crippen LogP contribution is -2.47. The summed E-state index contributed by atoms with van der Waals surface area (Å²) in [5.41, 5.74) is 3.63. The molecule has 0 saturated carbocycles. The number of halogens is 1. The lowest BCUT2D eigenvalue weighted by atomic mass is 10.1. The number of nitriles is 2. The Morgan fingerprint density at radius 3 is 2.47 bits per heavy atom. The van der Waals surface area contributed by atoms with Crippen molar-refractivity contribution in [2.45, 2.75) is 18.9 Å². The zero-order valence-electron chi connectivity index (χ0n) is 18.2. The normalized spacial score (nSPS) is 15.8. The molecule has 0 N–H and O–H groups in total. The van der Waals surface area contributed by atoms with Crippen LogP contribution < -0.4 is 14.4 Å². The van der Waals surface area contributed by atoms with Crippen molar-refractivity contribution in [2.24, 2.45) is 0 Å². The molecule has 1 aromatic carbocycles. The Hall–Kier alpha value is -2.65. The van der Waals surface area contributed by atoms with E-state index in [2.05, 4.69) is 26.9 Å². The van der Waals surface area contributed by atoms with Crippen molar-refractivity contribution >= 4 is 29.1 Å². The number of ether oxygens (including phenoxy) is 2. The molecule has 166 valence electrons. The van der Waals surface area contributed by atoms with Crippen LogP contribution in [0.15, 0.2) is 17.2 Å². The summed E-state index contributed by atoms with van der Waals surface area (Å²) in [5.74, 6) is 2.10. The molecule has 2 aromatic rings. The molecule has 0 aliphatic carbocycles. The maximum Gasteiger partial charge on any atom is 0.186 e. The topological polar surface area (TPSA) is 85.4 Å². The molecular formula is C23H24ClN5O2S. The maximum absolute atomic E-state index is 9.50. The Kier molecular flexibility index (Phi) is 6.95. The molecule has 2 aliphatic rings. The molecule has 32 heavy (non-hydrogen) atoms. The first kappa shape index (κ1) is 22.5. The van der Waals surface area contributed by atoms with Gasteiger partial charge in [0.15, 0.2) is 11.5 Å². The summed E-state index contributed by atoms with van der Waals surface area (Å²) < 4.78 is 11.6. The minimum absolute atomic E-state index is 0.464. The smallest absolute Gasteiger partial charge is 0.186 e. The number of pyridine rings is 1. The predicted molar refractivity (Wildman–Crippen MR) is 125 cm³/mol. The highest BCUT2D eigenvalue weighted by Crippen LogP contribution is 2.42. The molecule has 1 saturated heterocycles. The number of hydrogen-bond donors (Lipinski definition) is 0. The third kappa shape index (κ3) is 4.45. The molecule has 0 spiro atoms. The van der Waals surface area contributed by atoms with E-state index in [1.165, 1.54) is 0 Å². The third-order valence-electron chi connectivity index (χ3n) is 5.76. The van der Waals surface area contributed by atoms with Crippen LogP contribution in [0.4, 0.5) is 5.69 Å². The van der Waals surface area contributed by atoms with E-state index in [0.29, 0.717) is 40.9 Å². The monoisotopic (exact) mass is 469 g/mol. The Morgan fingerprint density at radius 1 is 1.06 bits per heavy atom. The number of anilines is 1. The van der Waals surface area contributed by atoms with Crippen LogP contribution in [-0.2, 0) is 0 Å². The summed E-state index contributed by atoms with van der Waals surface area (Å²) in [5, 5.41) is 20.2. The first-order valence-electron chi connectivity index (χ1n) is 10.5. The maximum atomic E-state index is 9.50. The van der Waals surface area contributed by atoms with Crippen LogP contribution in [-0.4, -0.2) is 61.6 Å². The average molecular weight is 470 g/mol. The van der Waals surface area contributed by atoms with Crippen LogP contribution in [0.5, 0.6) is 11.5 Å². The molecule has 3 heterocycles. The molecule has 7 nitrogen and oxygen atoms in total. The van der Waals surface area contributed by atoms with Crippen molar-refractivity contribution in [3.8, 4) is 23.6 Å². The van der Waals surface area contributed by atoms with Gasteiger partial charge < -0.3 is 14.4 Å². The van der Waals surface area contributed by atoms with Gasteiger partial charge in [-0.3, -0.25) is 4.90 Å². The van der Waals surface area contributed by atoms with Gasteiger partial charge in [-0.25, -0.2) is 4.98 Å². The van der Waals surface area contributed by atoms with Crippen molar-refractivity contribution in [2.75, 3.05) is 56.6 Å². The van der Waals surface area contributed by atoms with Crippen LogP contribution >= 0.6 is 23.4 Å². The SMILES string of the molecule is Cc1nc(SCCN2CCN(c3ccc(C#N)c4c3OCCO4)CC2)c(C#N)c(C)c1Cl. The van der Waals surface area contributed by atoms with Gasteiger partial charge in [0.1, 0.15) is 30.4 Å². The van der Waals surface area contributed by atoms with Gasteiger partial charge in [-0.15, -0.1) is 11.8 Å². The number of thioether (sulfide) groups is 1. The summed E-state index contributed by atoms with van der Waals surface area (Å²) in [6.07, 6.45) is 0. The second-order valence-corrected chi connectivity index (χ2v) is 9.17. The number of rotatable bonds is 5. The second kappa shape index (κ2) is 9.87. The van der Waals surface area contributed by atoms with E-state index in [-0.39, 0.29) is 0 Å². The van der Waals surface area contributed by atoms with Crippen molar-refractivity contribution in [1.29, 1.82) is 10.5 Å². The third-order valence-corrected chi connectivity index (χ3v) is 7.28. The molecule has 4 rings (SSSR count). The number of nitrogens with zero attached hydrogens (tertiary/aromatic N) is 5. The van der Waals surface area contributed by atoms with Gasteiger partial charge in [-0.05, 0) is 31.5 Å². The molecule has 0 amide bonds. The standard InChI is InChI=1S/C23H24ClN5O2S/c1-15-18(14-26)23(27-16(2)20(15)24)32-12-9-28-5-7-29(8-6-28)19-4-3-17(13-25)21-22(19)31-11-10-30-21/h3-4H,5-12H2,1-2H3. The van der Waals surface area contributed by atoms with Crippen molar-refractivity contribution in [3.63, 3.8) is 0 Å². The lowest BCUT2D eigenvalue weighted by molar-refractivity contribution is 0.171. The second-order valence-electron chi connectivity index (χ2n) is 7.70. The van der Waals surface area contributed by atoms with E-state index in [9.17, 15) is 10.5 Å². The average Bonchev–Trinajstić information content (AvgIpc) is 2.82. The van der Waals surface area contributed by atoms with Gasteiger partial charge in [0.05, 0.1) is 27.5 Å². The fourth-order valence-electron chi connectivity index (χ4n) is 3.98. The number of fused-ring (bicyclic) bond motifs is 1. The minimum Gasteiger partial charge on any atom is -0.485 e. The van der Waals surface area contributed by atoms with Crippen molar-refractivity contribution in [3.05, 3.63) is 39.5 Å². The molecule has 1 aromatic heterocycles. The molecule has 1 fully saturated rings. The van der Waals surface area contributed by atoms with E-state index in [4.69, 9.17) is 21.1 Å². The number of hydrogen-bond acceptors (Lipinski definition) is 8. The van der Waals surface area contributed by atoms with Gasteiger partial charge in [-0.2, -0.15) is 10.5 Å². The van der Waals surface area contributed by atoms with E-state index in [0.717, 1.165) is 60.4 Å². The van der Waals surface area contributed by atoms with Gasteiger partial charge in [0.2, 0.25) is 0 Å². The molecule has 0 bridgehead atoms. The largest absolute Gasteiger partial charge is 0.485 e. The number of aromatic nitrogens is 1. The lowest BCUT2D eigenvalue weighted by Gasteiger charge is -2.37. The highest BCUT2D eigenvalue weighted by molar-refractivity contribution is 7.99. The van der Waals surface area contributed by atoms with Gasteiger partial charge in [0.25, 0.3) is 0 Å². The number of piperazine rings is 1. The highest BCUT2D eigenvalue weighted by atomic mass is 35.5. The predicted octanol–water partition coefficient (Wildman–Crippen LogP) is 3.78. The molecule has 9 heteroatoms. The van der Waals surface area contributed by atoms with E-state index in [1.807, 2.05) is 26.0 Å². The Morgan fingerprint density at radius 2 is 1.78 bits per heavy atom. The Bertz CT molecular complexity index is 1100. The first-order valence-corrected chi connectivity index (χ1v) is 11.9. The summed E-state index contributed by atoms with van der Waals surface area (Å²) >= 11 is 7.85. The molecule has 2 aliphatic heterocycles. The first-order chi connectivity index (χ1) is 15.5. The highest BCUT2D eigenvalue weighted by Gasteiger charge is 2.26. The van der Waals surface area contributed by atoms with Crippen LogP contribution in [0.2, 0.25) is 5.02 Å². The summed E-state index contributed by atoms with van der Waals surface area (Å²) in [4.78, 5) is 9.23. The Labute approximate surface area is 197 Å². The minimum atomic E-state index is 0.464. The zero-order valence-corrected chi connectivity index (χ0v) is 19.7. The van der Waals surface area contributed by atoms with Crippen molar-refractivity contribution < 1.29 is 9.47 Å². The van der Waals surface area contributed by atoms with E-state index >= 15 is 0 Å². The Balaban J connectivity index is 1.35. The summed E-state index contributed by atoms with van der Waals surface area (Å²) in [6, 6.07) is 8.19. The van der Waals surface area contributed by atoms with E-state index in [1.54, 1.807) is 11.8 Å². The molecule has 0 radical (unpaired) electrons. The molecular weight excluding hydrogens is 446 g/mol. The van der Waals surface area contributed by atoms with Gasteiger partial charge in [-0.1, -0.05) is 11.6 Å². The quantitative estimate of drug-likeness (QED) is 0.611. The summed E-state index contributed by atoms with van der Waals surface area (Å²) in [6.45, 7) is 9.20. The fourth-order valence-corrected chi connectivity index (χ4v) is 5.20. The molecule has 0 unspecified atom stereocenters. The molecule has 0 atom stereocenters. The van der Waals surface area contributed by atoms with Crippen LogP contribution in [0.25, 0.3) is 0 Å². The number of benzene rings is 1. The van der Waals surface area contributed by atoms with Crippen LogP contribution in [0, 0.1) is 36.5 Å².